The Morgan fingerprint density at radius 2 is 1.90 bits per heavy atom. The van der Waals surface area contributed by atoms with Crippen molar-refractivity contribution in [1.29, 1.82) is 0 Å². The third-order valence-electron chi connectivity index (χ3n) is 6.18. The summed E-state index contributed by atoms with van der Waals surface area (Å²) in [5.41, 5.74) is 1.38. The Morgan fingerprint density at radius 1 is 1.20 bits per heavy atom. The van der Waals surface area contributed by atoms with Gasteiger partial charge in [-0.2, -0.15) is 0 Å². The highest BCUT2D eigenvalue weighted by Gasteiger charge is 2.33. The number of guanidine groups is 1. The number of carbonyl (C=O) groups excluding carboxylic acids is 1. The molecule has 0 aromatic heterocycles. The van der Waals surface area contributed by atoms with Crippen molar-refractivity contribution in [2.24, 2.45) is 10.9 Å². The second kappa shape index (κ2) is 11.2. The number of amides is 1. The van der Waals surface area contributed by atoms with Crippen LogP contribution in [0.2, 0.25) is 0 Å². The molecule has 30 heavy (non-hydrogen) atoms. The van der Waals surface area contributed by atoms with Gasteiger partial charge >= 0.3 is 6.09 Å². The number of nitrogens with zero attached hydrogens (tertiary/aromatic N) is 2. The molecule has 166 valence electrons. The Bertz CT molecular complexity index is 684. The van der Waals surface area contributed by atoms with Gasteiger partial charge in [-0.1, -0.05) is 30.3 Å². The van der Waals surface area contributed by atoms with E-state index in [9.17, 15) is 4.79 Å². The summed E-state index contributed by atoms with van der Waals surface area (Å²) in [5, 5.41) is 9.95. The third-order valence-corrected chi connectivity index (χ3v) is 6.18. The van der Waals surface area contributed by atoms with Gasteiger partial charge in [-0.15, -0.1) is 0 Å². The van der Waals surface area contributed by atoms with Crippen LogP contribution in [0.25, 0.3) is 0 Å². The van der Waals surface area contributed by atoms with Crippen molar-refractivity contribution in [2.75, 3.05) is 33.3 Å². The Labute approximate surface area is 180 Å². The molecule has 1 saturated heterocycles. The van der Waals surface area contributed by atoms with Crippen LogP contribution in [0.3, 0.4) is 0 Å². The third kappa shape index (κ3) is 6.62. The van der Waals surface area contributed by atoms with Crippen LogP contribution in [0, 0.1) is 5.92 Å². The van der Waals surface area contributed by atoms with E-state index in [1.165, 1.54) is 5.56 Å². The number of hydrogen-bond acceptors (Lipinski definition) is 4. The first kappa shape index (κ1) is 22.4. The fourth-order valence-corrected chi connectivity index (χ4v) is 4.13. The molecule has 1 aromatic rings. The average molecular weight is 416 g/mol. The van der Waals surface area contributed by atoms with Gasteiger partial charge in [-0.05, 0) is 51.0 Å². The first-order valence-corrected chi connectivity index (χ1v) is 11.3. The molecule has 1 heterocycles. The number of alkyl carbamates (subject to hydrolysis) is 1. The Kier molecular flexibility index (Phi) is 8.37. The van der Waals surface area contributed by atoms with E-state index >= 15 is 0 Å². The maximum Gasteiger partial charge on any atom is 0.407 e. The van der Waals surface area contributed by atoms with Crippen LogP contribution in [0.1, 0.15) is 51.1 Å². The predicted octanol–water partition coefficient (Wildman–Crippen LogP) is 2.90. The van der Waals surface area contributed by atoms with Crippen LogP contribution in [0.15, 0.2) is 35.3 Å². The highest BCUT2D eigenvalue weighted by molar-refractivity contribution is 5.80. The minimum Gasteiger partial charge on any atom is -0.450 e. The summed E-state index contributed by atoms with van der Waals surface area (Å²) in [6.45, 7) is 7.30. The Balaban J connectivity index is 1.42. The summed E-state index contributed by atoms with van der Waals surface area (Å²) in [6.07, 6.45) is 4.15. The zero-order valence-electron chi connectivity index (χ0n) is 18.6. The molecule has 0 bridgehead atoms. The zero-order chi connectivity index (χ0) is 21.3. The van der Waals surface area contributed by atoms with Gasteiger partial charge in [-0.3, -0.25) is 9.89 Å². The molecule has 2 fully saturated rings. The number of likely N-dealkylation sites (tertiary alicyclic amines) is 1. The molecule has 1 aliphatic heterocycles. The summed E-state index contributed by atoms with van der Waals surface area (Å²) in [7, 11) is 1.80. The first-order chi connectivity index (χ1) is 14.6. The zero-order valence-corrected chi connectivity index (χ0v) is 18.6. The van der Waals surface area contributed by atoms with E-state index in [-0.39, 0.29) is 12.1 Å². The van der Waals surface area contributed by atoms with Gasteiger partial charge in [-0.25, -0.2) is 4.79 Å². The van der Waals surface area contributed by atoms with E-state index in [4.69, 9.17) is 4.74 Å². The standard InChI is InChI=1S/C23H37N5O2/c1-4-30-23(29)27-21(19-10-11-19)16-25-22(24-3)26-20-12-14-28(15-13-20)17(2)18-8-6-5-7-9-18/h5-9,17,19-21H,4,10-16H2,1-3H3,(H,27,29)(H2,24,25,26). The van der Waals surface area contributed by atoms with E-state index in [2.05, 4.69) is 63.1 Å². The second-order valence-electron chi connectivity index (χ2n) is 8.30. The number of piperidine rings is 1. The topological polar surface area (TPSA) is 78.0 Å². The van der Waals surface area contributed by atoms with Crippen LogP contribution >= 0.6 is 0 Å². The summed E-state index contributed by atoms with van der Waals surface area (Å²) in [5.74, 6) is 1.34. The fourth-order valence-electron chi connectivity index (χ4n) is 4.13. The monoisotopic (exact) mass is 415 g/mol. The quantitative estimate of drug-likeness (QED) is 0.450. The van der Waals surface area contributed by atoms with E-state index in [0.717, 1.165) is 44.7 Å². The van der Waals surface area contributed by atoms with Crippen molar-refractivity contribution in [3.05, 3.63) is 35.9 Å². The molecule has 0 spiro atoms. The number of rotatable bonds is 8. The van der Waals surface area contributed by atoms with Gasteiger partial charge in [0.1, 0.15) is 0 Å². The minimum atomic E-state index is -0.334. The number of benzene rings is 1. The molecule has 2 aliphatic rings. The molecule has 1 amide bonds. The molecule has 1 saturated carbocycles. The molecule has 1 aromatic carbocycles. The highest BCUT2D eigenvalue weighted by atomic mass is 16.5. The molecule has 7 nitrogen and oxygen atoms in total. The van der Waals surface area contributed by atoms with Crippen LogP contribution in [-0.4, -0.2) is 62.3 Å². The first-order valence-electron chi connectivity index (χ1n) is 11.3. The summed E-state index contributed by atoms with van der Waals surface area (Å²) >= 11 is 0. The molecule has 2 atom stereocenters. The lowest BCUT2D eigenvalue weighted by Crippen LogP contribution is -2.52. The lowest BCUT2D eigenvalue weighted by atomic mass is 10.0. The summed E-state index contributed by atoms with van der Waals surface area (Å²) in [6, 6.07) is 11.6. The molecule has 2 unspecified atom stereocenters. The highest BCUT2D eigenvalue weighted by Crippen LogP contribution is 2.32. The van der Waals surface area contributed by atoms with E-state index in [0.29, 0.717) is 31.2 Å². The molecular formula is C23H37N5O2. The summed E-state index contributed by atoms with van der Waals surface area (Å²) < 4.78 is 5.04. The average Bonchev–Trinajstić information content (AvgIpc) is 3.62. The van der Waals surface area contributed by atoms with Crippen molar-refractivity contribution in [3.63, 3.8) is 0 Å². The molecule has 1 aliphatic carbocycles. The Morgan fingerprint density at radius 3 is 2.50 bits per heavy atom. The summed E-state index contributed by atoms with van der Waals surface area (Å²) in [4.78, 5) is 18.7. The van der Waals surface area contributed by atoms with Crippen molar-refractivity contribution in [3.8, 4) is 0 Å². The number of ether oxygens (including phenoxy) is 1. The number of nitrogens with one attached hydrogen (secondary N) is 3. The molecule has 3 N–H and O–H groups in total. The SMILES string of the molecule is CCOC(=O)NC(CNC(=NC)NC1CCN(C(C)c2ccccc2)CC1)C1CC1. The van der Waals surface area contributed by atoms with E-state index in [1.54, 1.807) is 7.05 Å². The molecular weight excluding hydrogens is 378 g/mol. The van der Waals surface area contributed by atoms with E-state index < -0.39 is 0 Å². The lowest BCUT2D eigenvalue weighted by molar-refractivity contribution is 0.146. The van der Waals surface area contributed by atoms with Crippen LogP contribution in [0.5, 0.6) is 0 Å². The van der Waals surface area contributed by atoms with Crippen molar-refractivity contribution in [2.45, 2.75) is 57.7 Å². The maximum atomic E-state index is 11.8. The second-order valence-corrected chi connectivity index (χ2v) is 8.30. The van der Waals surface area contributed by atoms with Gasteiger partial charge < -0.3 is 20.7 Å². The van der Waals surface area contributed by atoms with Gasteiger partial charge in [0.25, 0.3) is 0 Å². The molecule has 7 heteroatoms. The van der Waals surface area contributed by atoms with Crippen molar-refractivity contribution >= 4 is 12.1 Å². The van der Waals surface area contributed by atoms with Crippen molar-refractivity contribution < 1.29 is 9.53 Å². The van der Waals surface area contributed by atoms with E-state index in [1.807, 2.05) is 6.92 Å². The molecule has 0 radical (unpaired) electrons. The number of carbonyl (C=O) groups is 1. The predicted molar refractivity (Wildman–Crippen MR) is 121 cm³/mol. The normalized spacial score (nSPS) is 20.3. The fraction of sp³-hybridized carbons (Fsp3) is 0.652. The Hall–Kier alpha value is -2.28. The minimum absolute atomic E-state index is 0.0798. The number of hydrogen-bond donors (Lipinski definition) is 3. The van der Waals surface area contributed by atoms with Gasteiger partial charge in [0, 0.05) is 38.8 Å². The van der Waals surface area contributed by atoms with Crippen LogP contribution < -0.4 is 16.0 Å². The largest absolute Gasteiger partial charge is 0.450 e. The molecule has 3 rings (SSSR count). The van der Waals surface area contributed by atoms with Gasteiger partial charge in [0.05, 0.1) is 12.6 Å². The van der Waals surface area contributed by atoms with Crippen LogP contribution in [0.4, 0.5) is 4.79 Å². The maximum absolute atomic E-state index is 11.8. The smallest absolute Gasteiger partial charge is 0.407 e. The lowest BCUT2D eigenvalue weighted by Gasteiger charge is -2.37. The van der Waals surface area contributed by atoms with Crippen molar-refractivity contribution in [1.82, 2.24) is 20.9 Å². The van der Waals surface area contributed by atoms with Gasteiger partial charge in [0.15, 0.2) is 5.96 Å². The van der Waals surface area contributed by atoms with Gasteiger partial charge in [0.2, 0.25) is 0 Å². The number of aliphatic imine (C=N–C) groups is 1. The van der Waals surface area contributed by atoms with Crippen LogP contribution in [-0.2, 0) is 4.74 Å².